The molecular weight excluding hydrogens is 256 g/mol. The van der Waals surface area contributed by atoms with Gasteiger partial charge in [-0.15, -0.1) is 0 Å². The molecule has 15 heavy (non-hydrogen) atoms. The predicted molar refractivity (Wildman–Crippen MR) is 61.9 cm³/mol. The van der Waals surface area contributed by atoms with Crippen molar-refractivity contribution < 1.29 is 4.42 Å². The van der Waals surface area contributed by atoms with Crippen LogP contribution < -0.4 is 0 Å². The molecule has 0 amide bonds. The van der Waals surface area contributed by atoms with E-state index in [-0.39, 0.29) is 0 Å². The molecule has 0 radical (unpaired) electrons. The first-order chi connectivity index (χ1) is 7.08. The van der Waals surface area contributed by atoms with Gasteiger partial charge in [-0.1, -0.05) is 0 Å². The monoisotopic (exact) mass is 268 g/mol. The summed E-state index contributed by atoms with van der Waals surface area (Å²) >= 11 is 3.29. The largest absolute Gasteiger partial charge is 0.457 e. The molecule has 0 aromatic carbocycles. The van der Waals surface area contributed by atoms with Crippen LogP contribution in [0.25, 0.3) is 0 Å². The Morgan fingerprint density at radius 2 is 2.13 bits per heavy atom. The average molecular weight is 269 g/mol. The fourth-order valence-electron chi connectivity index (χ4n) is 1.54. The summed E-state index contributed by atoms with van der Waals surface area (Å²) in [5.74, 6) is 0. The van der Waals surface area contributed by atoms with Crippen molar-refractivity contribution in [1.82, 2.24) is 9.78 Å². The summed E-state index contributed by atoms with van der Waals surface area (Å²) in [4.78, 5) is 0. The first-order valence-corrected chi connectivity index (χ1v) is 5.60. The quantitative estimate of drug-likeness (QED) is 0.838. The Morgan fingerprint density at radius 1 is 1.40 bits per heavy atom. The molecule has 0 aliphatic heterocycles. The maximum absolute atomic E-state index is 5.19. The highest BCUT2D eigenvalue weighted by Crippen LogP contribution is 2.17. The number of hydrogen-bond donors (Lipinski definition) is 0. The second kappa shape index (κ2) is 3.85. The van der Waals surface area contributed by atoms with Gasteiger partial charge in [0.05, 0.1) is 18.5 Å². The minimum atomic E-state index is 0.760. The lowest BCUT2D eigenvalue weighted by molar-refractivity contribution is 0.535. The molecule has 4 heteroatoms. The van der Waals surface area contributed by atoms with E-state index in [1.807, 2.05) is 17.7 Å². The molecule has 0 saturated heterocycles. The van der Waals surface area contributed by atoms with Crippen LogP contribution in [0.5, 0.6) is 0 Å². The van der Waals surface area contributed by atoms with Crippen LogP contribution >= 0.6 is 15.9 Å². The molecule has 2 aromatic rings. The fourth-order valence-corrected chi connectivity index (χ4v) is 1.93. The molecule has 0 aliphatic carbocycles. The van der Waals surface area contributed by atoms with Crippen LogP contribution in [-0.4, -0.2) is 9.78 Å². The predicted octanol–water partition coefficient (Wildman–Crippen LogP) is 3.21. The van der Waals surface area contributed by atoms with Gasteiger partial charge >= 0.3 is 0 Å². The maximum atomic E-state index is 5.19. The van der Waals surface area contributed by atoms with Crippen LogP contribution in [0.1, 0.15) is 22.5 Å². The van der Waals surface area contributed by atoms with Crippen molar-refractivity contribution in [3.8, 4) is 0 Å². The molecule has 0 N–H and O–H groups in total. The van der Waals surface area contributed by atoms with E-state index in [1.165, 1.54) is 11.3 Å². The summed E-state index contributed by atoms with van der Waals surface area (Å²) in [5.41, 5.74) is 4.69. The standard InChI is InChI=1S/C11H13BrN2O/c1-7-8(2)13-14(9(7)3)5-10-4-11(12)15-6-10/h4,6H,5H2,1-3H3. The highest BCUT2D eigenvalue weighted by atomic mass is 79.9. The van der Waals surface area contributed by atoms with Gasteiger partial charge in [-0.25, -0.2) is 0 Å². The highest BCUT2D eigenvalue weighted by Gasteiger charge is 2.08. The number of nitrogens with zero attached hydrogens (tertiary/aromatic N) is 2. The number of hydrogen-bond acceptors (Lipinski definition) is 2. The summed E-state index contributed by atoms with van der Waals surface area (Å²) in [6, 6.07) is 1.96. The highest BCUT2D eigenvalue weighted by molar-refractivity contribution is 9.10. The third kappa shape index (κ3) is 2.00. The van der Waals surface area contributed by atoms with Gasteiger partial charge in [-0.3, -0.25) is 4.68 Å². The van der Waals surface area contributed by atoms with E-state index in [0.29, 0.717) is 0 Å². The van der Waals surface area contributed by atoms with E-state index in [4.69, 9.17) is 4.42 Å². The molecule has 0 bridgehead atoms. The average Bonchev–Trinajstić information content (AvgIpc) is 2.68. The SMILES string of the molecule is Cc1nn(Cc2coc(Br)c2)c(C)c1C. The molecule has 0 fully saturated rings. The van der Waals surface area contributed by atoms with E-state index < -0.39 is 0 Å². The summed E-state index contributed by atoms with van der Waals surface area (Å²) < 4.78 is 7.95. The summed E-state index contributed by atoms with van der Waals surface area (Å²) in [7, 11) is 0. The zero-order valence-electron chi connectivity index (χ0n) is 9.04. The zero-order valence-corrected chi connectivity index (χ0v) is 10.6. The zero-order chi connectivity index (χ0) is 11.0. The maximum Gasteiger partial charge on any atom is 0.169 e. The summed E-state index contributed by atoms with van der Waals surface area (Å²) in [6.07, 6.45) is 1.75. The lowest BCUT2D eigenvalue weighted by Gasteiger charge is -2.01. The van der Waals surface area contributed by atoms with Gasteiger partial charge in [-0.2, -0.15) is 5.10 Å². The molecule has 80 valence electrons. The second-order valence-electron chi connectivity index (χ2n) is 3.71. The van der Waals surface area contributed by atoms with Crippen molar-refractivity contribution in [2.75, 3.05) is 0 Å². The van der Waals surface area contributed by atoms with Crippen molar-refractivity contribution in [3.63, 3.8) is 0 Å². The van der Waals surface area contributed by atoms with Gasteiger partial charge in [0.15, 0.2) is 4.67 Å². The van der Waals surface area contributed by atoms with Gasteiger partial charge in [0.25, 0.3) is 0 Å². The Hall–Kier alpha value is -1.03. The van der Waals surface area contributed by atoms with Crippen molar-refractivity contribution in [3.05, 3.63) is 39.5 Å². The van der Waals surface area contributed by atoms with Crippen LogP contribution in [0.2, 0.25) is 0 Å². The van der Waals surface area contributed by atoms with Gasteiger partial charge < -0.3 is 4.42 Å². The number of furan rings is 1. The van der Waals surface area contributed by atoms with Crippen LogP contribution in [0.15, 0.2) is 21.4 Å². The Kier molecular flexibility index (Phi) is 2.69. The van der Waals surface area contributed by atoms with E-state index in [9.17, 15) is 0 Å². The third-order valence-corrected chi connectivity index (χ3v) is 3.11. The number of rotatable bonds is 2. The number of aromatic nitrogens is 2. The summed E-state index contributed by atoms with van der Waals surface area (Å²) in [6.45, 7) is 6.98. The smallest absolute Gasteiger partial charge is 0.169 e. The molecule has 0 saturated carbocycles. The molecule has 3 nitrogen and oxygen atoms in total. The molecule has 0 unspecified atom stereocenters. The molecule has 0 atom stereocenters. The summed E-state index contributed by atoms with van der Waals surface area (Å²) in [5, 5.41) is 4.47. The minimum Gasteiger partial charge on any atom is -0.457 e. The lowest BCUT2D eigenvalue weighted by atomic mass is 10.2. The Morgan fingerprint density at radius 3 is 2.60 bits per heavy atom. The van der Waals surface area contributed by atoms with Gasteiger partial charge in [-0.05, 0) is 48.3 Å². The number of aryl methyl sites for hydroxylation is 1. The number of halogens is 1. The van der Waals surface area contributed by atoms with Gasteiger partial charge in [0.1, 0.15) is 0 Å². The van der Waals surface area contributed by atoms with Crippen molar-refractivity contribution in [1.29, 1.82) is 0 Å². The Labute approximate surface area is 97.2 Å². The van der Waals surface area contributed by atoms with Gasteiger partial charge in [0.2, 0.25) is 0 Å². The molecule has 0 aliphatic rings. The first kappa shape index (κ1) is 10.5. The second-order valence-corrected chi connectivity index (χ2v) is 4.49. The van der Waals surface area contributed by atoms with Crippen molar-refractivity contribution in [2.45, 2.75) is 27.3 Å². The topological polar surface area (TPSA) is 31.0 Å². The third-order valence-electron chi connectivity index (χ3n) is 2.70. The van der Waals surface area contributed by atoms with Crippen LogP contribution in [-0.2, 0) is 6.54 Å². The normalized spacial score (nSPS) is 10.9. The Bertz CT molecular complexity index is 485. The fraction of sp³-hybridized carbons (Fsp3) is 0.364. The van der Waals surface area contributed by atoms with Crippen molar-refractivity contribution in [2.24, 2.45) is 0 Å². The molecule has 2 aromatic heterocycles. The van der Waals surface area contributed by atoms with E-state index in [0.717, 1.165) is 22.5 Å². The van der Waals surface area contributed by atoms with Crippen molar-refractivity contribution >= 4 is 15.9 Å². The van der Waals surface area contributed by atoms with Crippen LogP contribution in [0, 0.1) is 20.8 Å². The van der Waals surface area contributed by atoms with Gasteiger partial charge in [0, 0.05) is 11.3 Å². The molecule has 2 rings (SSSR count). The van der Waals surface area contributed by atoms with E-state index in [1.54, 1.807) is 6.26 Å². The lowest BCUT2D eigenvalue weighted by Crippen LogP contribution is -2.03. The Balaban J connectivity index is 2.28. The van der Waals surface area contributed by atoms with Crippen LogP contribution in [0.3, 0.4) is 0 Å². The minimum absolute atomic E-state index is 0.760. The first-order valence-electron chi connectivity index (χ1n) is 4.81. The molecular formula is C11H13BrN2O. The molecule has 2 heterocycles. The van der Waals surface area contributed by atoms with Crippen LogP contribution in [0.4, 0.5) is 0 Å². The van der Waals surface area contributed by atoms with E-state index in [2.05, 4.69) is 34.9 Å². The van der Waals surface area contributed by atoms with E-state index >= 15 is 0 Å². The molecule has 0 spiro atoms.